The first-order valence-corrected chi connectivity index (χ1v) is 10.8. The Morgan fingerprint density at radius 2 is 1.55 bits per heavy atom. The van der Waals surface area contributed by atoms with E-state index in [1.165, 1.54) is 4.57 Å². The minimum absolute atomic E-state index is 0.0199. The van der Waals surface area contributed by atoms with Crippen LogP contribution in [0.3, 0.4) is 0 Å². The molecule has 168 valence electrons. The van der Waals surface area contributed by atoms with Crippen molar-refractivity contribution in [1.82, 2.24) is 14.9 Å². The molecule has 0 aliphatic carbocycles. The van der Waals surface area contributed by atoms with E-state index in [1.54, 1.807) is 24.3 Å². The molecule has 0 bridgehead atoms. The quantitative estimate of drug-likeness (QED) is 0.389. The molecule has 0 aliphatic rings. The number of aliphatic hydroxyl groups is 1. The molecule has 33 heavy (non-hydrogen) atoms. The Hall–Kier alpha value is -3.97. The number of fused-ring (bicyclic) bond motifs is 1. The number of para-hydroxylation sites is 1. The average Bonchev–Trinajstić information content (AvgIpc) is 2.84. The van der Waals surface area contributed by atoms with E-state index in [1.807, 2.05) is 60.7 Å². The number of carbonyl (C=O) groups excluding carboxylic acids is 1. The first kappa shape index (κ1) is 22.2. The van der Waals surface area contributed by atoms with E-state index in [0.29, 0.717) is 22.9 Å². The summed E-state index contributed by atoms with van der Waals surface area (Å²) in [7, 11) is 0. The van der Waals surface area contributed by atoms with Gasteiger partial charge in [-0.3, -0.25) is 19.1 Å². The van der Waals surface area contributed by atoms with Gasteiger partial charge in [-0.15, -0.1) is 0 Å². The monoisotopic (exact) mass is 443 g/mol. The van der Waals surface area contributed by atoms with E-state index in [-0.39, 0.29) is 25.4 Å². The van der Waals surface area contributed by atoms with Crippen LogP contribution in [0, 0.1) is 0 Å². The number of aryl methyl sites for hydroxylation is 1. The van der Waals surface area contributed by atoms with Crippen molar-refractivity contribution >= 4 is 16.8 Å². The highest BCUT2D eigenvalue weighted by Crippen LogP contribution is 2.25. The number of aromatic nitrogens is 2. The van der Waals surface area contributed by atoms with E-state index < -0.39 is 16.9 Å². The van der Waals surface area contributed by atoms with Gasteiger partial charge < -0.3 is 10.4 Å². The molecule has 0 saturated carbocycles. The molecule has 1 amide bonds. The molecule has 0 radical (unpaired) electrons. The number of carbonyl (C=O) groups is 1. The highest BCUT2D eigenvalue weighted by molar-refractivity contribution is 5.78. The summed E-state index contributed by atoms with van der Waals surface area (Å²) in [5.74, 6) is -0.306. The van der Waals surface area contributed by atoms with Gasteiger partial charge >= 0.3 is 5.69 Å². The first-order chi connectivity index (χ1) is 16.0. The van der Waals surface area contributed by atoms with Crippen molar-refractivity contribution < 1.29 is 9.90 Å². The predicted octanol–water partition coefficient (Wildman–Crippen LogP) is 2.33. The molecule has 1 heterocycles. The van der Waals surface area contributed by atoms with Gasteiger partial charge in [0.25, 0.3) is 5.56 Å². The molecule has 0 aliphatic heterocycles. The van der Waals surface area contributed by atoms with Gasteiger partial charge in [0, 0.05) is 19.4 Å². The summed E-state index contributed by atoms with van der Waals surface area (Å²) in [6.07, 6.45) is 0.355. The molecular weight excluding hydrogens is 418 g/mol. The van der Waals surface area contributed by atoms with Gasteiger partial charge in [-0.2, -0.15) is 0 Å². The largest absolute Gasteiger partial charge is 0.383 e. The maximum absolute atomic E-state index is 12.7. The van der Waals surface area contributed by atoms with Crippen LogP contribution >= 0.6 is 0 Å². The Morgan fingerprint density at radius 1 is 0.909 bits per heavy atom. The van der Waals surface area contributed by atoms with E-state index in [9.17, 15) is 19.5 Å². The van der Waals surface area contributed by atoms with E-state index in [4.69, 9.17) is 0 Å². The second-order valence-corrected chi connectivity index (χ2v) is 8.01. The van der Waals surface area contributed by atoms with Crippen molar-refractivity contribution in [3.05, 3.63) is 117 Å². The summed E-state index contributed by atoms with van der Waals surface area (Å²) in [4.78, 5) is 39.3. The number of amides is 1. The van der Waals surface area contributed by atoms with E-state index >= 15 is 0 Å². The van der Waals surface area contributed by atoms with Crippen LogP contribution in [0.25, 0.3) is 10.9 Å². The maximum atomic E-state index is 12.7. The Morgan fingerprint density at radius 3 is 2.27 bits per heavy atom. The number of nitrogens with one attached hydrogen (secondary N) is 2. The highest BCUT2D eigenvalue weighted by atomic mass is 16.3. The van der Waals surface area contributed by atoms with Crippen molar-refractivity contribution in [3.8, 4) is 0 Å². The van der Waals surface area contributed by atoms with E-state index in [2.05, 4.69) is 10.3 Å². The number of rotatable bonds is 8. The summed E-state index contributed by atoms with van der Waals surface area (Å²) < 4.78 is 1.38. The second-order valence-electron chi connectivity index (χ2n) is 8.01. The zero-order valence-corrected chi connectivity index (χ0v) is 18.0. The van der Waals surface area contributed by atoms with Gasteiger partial charge in [-0.05, 0) is 23.3 Å². The minimum Gasteiger partial charge on any atom is -0.383 e. The standard InChI is InChI=1S/C26H25N3O4/c30-23(15-16-29-22-14-8-7-13-21(22)24(31)28-25(29)32)27-18-26(33,20-11-5-2-6-12-20)17-19-9-3-1-4-10-19/h1-14,33H,15-18H2,(H,27,30)(H,28,31,32)/t26-/m1/s1. The SMILES string of the molecule is O=C(CCn1c(=O)[nH]c(=O)c2ccccc21)NC[C@](O)(Cc1ccccc1)c1ccccc1. The number of nitrogens with zero attached hydrogens (tertiary/aromatic N) is 1. The molecule has 3 N–H and O–H groups in total. The number of benzene rings is 3. The third-order valence-electron chi connectivity index (χ3n) is 5.70. The Labute approximate surface area is 190 Å². The Kier molecular flexibility index (Phi) is 6.51. The molecule has 1 atom stereocenters. The van der Waals surface area contributed by atoms with Crippen LogP contribution in [-0.4, -0.2) is 27.1 Å². The first-order valence-electron chi connectivity index (χ1n) is 10.8. The lowest BCUT2D eigenvalue weighted by molar-refractivity contribution is -0.122. The number of hydrogen-bond acceptors (Lipinski definition) is 4. The highest BCUT2D eigenvalue weighted by Gasteiger charge is 2.30. The molecule has 1 aromatic heterocycles. The number of aromatic amines is 1. The van der Waals surface area contributed by atoms with Gasteiger partial charge in [0.2, 0.25) is 5.91 Å². The summed E-state index contributed by atoms with van der Waals surface area (Å²) in [5.41, 5.74) is -0.174. The zero-order chi connectivity index (χ0) is 23.3. The average molecular weight is 444 g/mol. The second kappa shape index (κ2) is 9.67. The van der Waals surface area contributed by atoms with Crippen LogP contribution in [0.15, 0.2) is 94.5 Å². The third kappa shape index (κ3) is 5.10. The fourth-order valence-corrected chi connectivity index (χ4v) is 3.96. The zero-order valence-electron chi connectivity index (χ0n) is 18.0. The van der Waals surface area contributed by atoms with Crippen LogP contribution in [0.1, 0.15) is 17.5 Å². The lowest BCUT2D eigenvalue weighted by atomic mass is 9.87. The number of H-pyrrole nitrogens is 1. The van der Waals surface area contributed by atoms with Gasteiger partial charge in [0.1, 0.15) is 5.60 Å². The normalized spacial score (nSPS) is 12.9. The maximum Gasteiger partial charge on any atom is 0.328 e. The smallest absolute Gasteiger partial charge is 0.328 e. The molecule has 0 unspecified atom stereocenters. The summed E-state index contributed by atoms with van der Waals surface area (Å²) in [5, 5.41) is 14.7. The van der Waals surface area contributed by atoms with Crippen molar-refractivity contribution in [3.63, 3.8) is 0 Å². The van der Waals surface area contributed by atoms with Crippen LogP contribution in [-0.2, 0) is 23.4 Å². The number of hydrogen-bond donors (Lipinski definition) is 3. The Bertz CT molecular complexity index is 1360. The summed E-state index contributed by atoms with van der Waals surface area (Å²) >= 11 is 0. The van der Waals surface area contributed by atoms with Crippen molar-refractivity contribution in [2.24, 2.45) is 0 Å². The van der Waals surface area contributed by atoms with Crippen LogP contribution in [0.5, 0.6) is 0 Å². The van der Waals surface area contributed by atoms with Gasteiger partial charge in [0.05, 0.1) is 17.4 Å². The fraction of sp³-hybridized carbons (Fsp3) is 0.192. The summed E-state index contributed by atoms with van der Waals surface area (Å²) in [6.45, 7) is 0.121. The minimum atomic E-state index is -1.29. The lowest BCUT2D eigenvalue weighted by Crippen LogP contribution is -2.43. The van der Waals surface area contributed by atoms with Crippen molar-refractivity contribution in [2.75, 3.05) is 6.54 Å². The molecule has 0 fully saturated rings. The third-order valence-corrected chi connectivity index (χ3v) is 5.70. The molecule has 0 spiro atoms. The van der Waals surface area contributed by atoms with Crippen LogP contribution in [0.2, 0.25) is 0 Å². The van der Waals surface area contributed by atoms with Crippen molar-refractivity contribution in [1.29, 1.82) is 0 Å². The van der Waals surface area contributed by atoms with Gasteiger partial charge in [-0.25, -0.2) is 4.79 Å². The topological polar surface area (TPSA) is 104 Å². The van der Waals surface area contributed by atoms with Crippen molar-refractivity contribution in [2.45, 2.75) is 25.0 Å². The molecule has 0 saturated heterocycles. The molecular formula is C26H25N3O4. The lowest BCUT2D eigenvalue weighted by Gasteiger charge is -2.29. The summed E-state index contributed by atoms with van der Waals surface area (Å²) in [6, 6.07) is 25.6. The van der Waals surface area contributed by atoms with Gasteiger partial charge in [-0.1, -0.05) is 72.8 Å². The van der Waals surface area contributed by atoms with E-state index in [0.717, 1.165) is 5.56 Å². The van der Waals surface area contributed by atoms with Crippen LogP contribution in [0.4, 0.5) is 0 Å². The van der Waals surface area contributed by atoms with Crippen LogP contribution < -0.4 is 16.6 Å². The molecule has 7 nitrogen and oxygen atoms in total. The molecule has 4 rings (SSSR count). The molecule has 7 heteroatoms. The van der Waals surface area contributed by atoms with Gasteiger partial charge in [0.15, 0.2) is 0 Å². The Balaban J connectivity index is 1.48. The fourth-order valence-electron chi connectivity index (χ4n) is 3.96. The molecule has 3 aromatic carbocycles. The molecule has 4 aromatic rings. The predicted molar refractivity (Wildman–Crippen MR) is 127 cm³/mol.